The number of hydrogen-bond donors (Lipinski definition) is 1. The van der Waals surface area contributed by atoms with Crippen LogP contribution >= 0.6 is 23.4 Å². The molecule has 35 heavy (non-hydrogen) atoms. The van der Waals surface area contributed by atoms with E-state index < -0.39 is 5.91 Å². The number of benzene rings is 2. The second kappa shape index (κ2) is 10.1. The van der Waals surface area contributed by atoms with Crippen molar-refractivity contribution in [3.05, 3.63) is 94.8 Å². The normalized spacial score (nSPS) is 16.1. The molecule has 1 amide bonds. The molecular weight excluding hydrogens is 486 g/mol. The van der Waals surface area contributed by atoms with Crippen molar-refractivity contribution in [2.45, 2.75) is 0 Å². The van der Waals surface area contributed by atoms with Gasteiger partial charge in [-0.15, -0.1) is 0 Å². The molecule has 0 bridgehead atoms. The van der Waals surface area contributed by atoms with Gasteiger partial charge in [-0.3, -0.25) is 15.2 Å². The summed E-state index contributed by atoms with van der Waals surface area (Å²) in [5.74, 6) is 0.761. The number of nitrogens with one attached hydrogen (secondary N) is 1. The fourth-order valence-corrected chi connectivity index (χ4v) is 4.37. The number of fused-ring (bicyclic) bond motifs is 1. The third-order valence-corrected chi connectivity index (χ3v) is 6.27. The molecule has 3 aromatic rings. The fraction of sp³-hybridized carbons (Fsp3) is 0.0800. The van der Waals surface area contributed by atoms with E-state index in [4.69, 9.17) is 26.5 Å². The van der Waals surface area contributed by atoms with Gasteiger partial charge in [0.15, 0.2) is 5.84 Å². The molecule has 2 aliphatic heterocycles. The summed E-state index contributed by atoms with van der Waals surface area (Å²) in [7, 11) is 0. The first kappa shape index (κ1) is 22.8. The molecule has 5 rings (SSSR count). The number of hydrazone groups is 1. The Hall–Kier alpha value is -3.95. The van der Waals surface area contributed by atoms with E-state index in [1.54, 1.807) is 60.9 Å². The molecule has 0 aliphatic carbocycles. The van der Waals surface area contributed by atoms with Gasteiger partial charge in [-0.05, 0) is 59.8 Å². The van der Waals surface area contributed by atoms with Crippen molar-refractivity contribution >= 4 is 51.4 Å². The predicted molar refractivity (Wildman–Crippen MR) is 137 cm³/mol. The van der Waals surface area contributed by atoms with Crippen LogP contribution in [0.4, 0.5) is 0 Å². The Morgan fingerprint density at radius 1 is 1.03 bits per heavy atom. The predicted octanol–water partition coefficient (Wildman–Crippen LogP) is 4.86. The zero-order chi connectivity index (χ0) is 24.2. The topological polar surface area (TPSA) is 100 Å². The minimum Gasteiger partial charge on any atom is -0.490 e. The average Bonchev–Trinajstić information content (AvgIpc) is 3.31. The Bertz CT molecular complexity index is 1370. The molecule has 0 fully saturated rings. The molecule has 174 valence electrons. The number of hydrogen-bond acceptors (Lipinski definition) is 7. The van der Waals surface area contributed by atoms with Crippen LogP contribution in [-0.4, -0.2) is 45.2 Å². The molecule has 8 nitrogen and oxygen atoms in total. The van der Waals surface area contributed by atoms with Crippen LogP contribution < -0.4 is 9.47 Å². The molecular formula is C25H18ClN5O3S. The van der Waals surface area contributed by atoms with E-state index in [2.05, 4.69) is 15.1 Å². The zero-order valence-corrected chi connectivity index (χ0v) is 19.8. The van der Waals surface area contributed by atoms with Crippen LogP contribution in [0.1, 0.15) is 11.1 Å². The Balaban J connectivity index is 1.23. The third-order valence-electron chi connectivity index (χ3n) is 5.00. The molecule has 1 N–H and O–H groups in total. The number of amidine groups is 2. The lowest BCUT2D eigenvalue weighted by Crippen LogP contribution is -2.35. The van der Waals surface area contributed by atoms with Gasteiger partial charge in [0.2, 0.25) is 5.17 Å². The Morgan fingerprint density at radius 3 is 2.60 bits per heavy atom. The number of carbonyl (C=O) groups excluding carboxylic acids is 1. The quantitative estimate of drug-likeness (QED) is 0.365. The number of pyridine rings is 1. The number of carbonyl (C=O) groups is 1. The van der Waals surface area contributed by atoms with E-state index >= 15 is 0 Å². The number of aliphatic imine (C=N–C) groups is 1. The van der Waals surface area contributed by atoms with Crippen LogP contribution in [0.2, 0.25) is 5.02 Å². The van der Waals surface area contributed by atoms with Gasteiger partial charge in [0.25, 0.3) is 5.91 Å². The van der Waals surface area contributed by atoms with Crippen molar-refractivity contribution in [3.63, 3.8) is 0 Å². The highest BCUT2D eigenvalue weighted by atomic mass is 35.5. The summed E-state index contributed by atoms with van der Waals surface area (Å²) in [5.41, 5.74) is 1.69. The van der Waals surface area contributed by atoms with E-state index in [1.807, 2.05) is 18.2 Å². The summed E-state index contributed by atoms with van der Waals surface area (Å²) >= 11 is 7.31. The van der Waals surface area contributed by atoms with Gasteiger partial charge in [-0.25, -0.2) is 0 Å². The van der Waals surface area contributed by atoms with Gasteiger partial charge in [-0.1, -0.05) is 35.9 Å². The van der Waals surface area contributed by atoms with Crippen molar-refractivity contribution in [1.82, 2.24) is 9.99 Å². The molecule has 0 saturated carbocycles. The molecule has 0 spiro atoms. The molecule has 0 atom stereocenters. The van der Waals surface area contributed by atoms with Gasteiger partial charge in [0, 0.05) is 18.0 Å². The minimum atomic E-state index is -0.478. The number of aromatic nitrogens is 1. The van der Waals surface area contributed by atoms with Crippen molar-refractivity contribution in [2.75, 3.05) is 13.2 Å². The number of rotatable bonds is 7. The fourth-order valence-electron chi connectivity index (χ4n) is 3.30. The summed E-state index contributed by atoms with van der Waals surface area (Å²) in [6.07, 6.45) is 4.98. The van der Waals surface area contributed by atoms with Crippen LogP contribution in [0.25, 0.3) is 6.08 Å². The van der Waals surface area contributed by atoms with E-state index in [-0.39, 0.29) is 11.4 Å². The highest BCUT2D eigenvalue weighted by Crippen LogP contribution is 2.31. The lowest BCUT2D eigenvalue weighted by molar-refractivity contribution is -0.114. The molecule has 0 unspecified atom stereocenters. The van der Waals surface area contributed by atoms with Gasteiger partial charge < -0.3 is 9.47 Å². The van der Waals surface area contributed by atoms with Crippen molar-refractivity contribution in [2.24, 2.45) is 10.1 Å². The number of para-hydroxylation sites is 1. The van der Waals surface area contributed by atoms with Crippen LogP contribution in [0.15, 0.2) is 88.7 Å². The van der Waals surface area contributed by atoms with E-state index in [9.17, 15) is 4.79 Å². The first-order valence-electron chi connectivity index (χ1n) is 10.6. The molecule has 0 saturated heterocycles. The van der Waals surface area contributed by atoms with Crippen LogP contribution in [0.3, 0.4) is 0 Å². The van der Waals surface area contributed by atoms with Crippen molar-refractivity contribution in [3.8, 4) is 11.5 Å². The van der Waals surface area contributed by atoms with Gasteiger partial charge in [-0.2, -0.15) is 15.1 Å². The smallest absolute Gasteiger partial charge is 0.283 e. The summed E-state index contributed by atoms with van der Waals surface area (Å²) < 4.78 is 11.3. The average molecular weight is 504 g/mol. The van der Waals surface area contributed by atoms with Crippen LogP contribution in [0, 0.1) is 5.41 Å². The third kappa shape index (κ3) is 5.11. The van der Waals surface area contributed by atoms with E-state index in [0.717, 1.165) is 11.1 Å². The van der Waals surface area contributed by atoms with Crippen molar-refractivity contribution < 1.29 is 14.3 Å². The number of nitrogens with zero attached hydrogens (tertiary/aromatic N) is 4. The second-order valence-corrected chi connectivity index (χ2v) is 8.73. The standard InChI is InChI=1S/C25H18ClN5O3S/c26-20-5-1-2-6-21(20)34-13-12-33-18-9-7-16(8-10-18)14-19-22(27)31-25(29-23(19)32)35-24(30-31)17-4-3-11-28-15-17/h1-11,14-15,27H,12-13H2. The molecule has 2 aliphatic rings. The second-order valence-electron chi connectivity index (χ2n) is 7.36. The largest absolute Gasteiger partial charge is 0.490 e. The highest BCUT2D eigenvalue weighted by Gasteiger charge is 2.36. The number of ether oxygens (including phenoxy) is 2. The van der Waals surface area contributed by atoms with E-state index in [1.165, 1.54) is 16.8 Å². The van der Waals surface area contributed by atoms with Gasteiger partial charge in [0.1, 0.15) is 29.8 Å². The first-order valence-corrected chi connectivity index (χ1v) is 11.8. The van der Waals surface area contributed by atoms with E-state index in [0.29, 0.717) is 39.9 Å². The summed E-state index contributed by atoms with van der Waals surface area (Å²) in [6, 6.07) is 18.1. The molecule has 1 aromatic heterocycles. The number of amides is 1. The summed E-state index contributed by atoms with van der Waals surface area (Å²) in [4.78, 5) is 20.8. The zero-order valence-electron chi connectivity index (χ0n) is 18.2. The first-order chi connectivity index (χ1) is 17.1. The maximum atomic E-state index is 12.6. The molecule has 2 aromatic carbocycles. The van der Waals surface area contributed by atoms with Gasteiger partial charge >= 0.3 is 0 Å². The Morgan fingerprint density at radius 2 is 1.83 bits per heavy atom. The Labute approximate surface area is 210 Å². The number of thioether (sulfide) groups is 1. The lowest BCUT2D eigenvalue weighted by Gasteiger charge is -2.20. The monoisotopic (exact) mass is 503 g/mol. The summed E-state index contributed by atoms with van der Waals surface area (Å²) in [6.45, 7) is 0.688. The SMILES string of the molecule is N=C1C(=Cc2ccc(OCCOc3ccccc3Cl)cc2)C(=O)N=C2SC(c3cccnc3)=NN12. The van der Waals surface area contributed by atoms with Gasteiger partial charge in [0.05, 0.1) is 10.6 Å². The summed E-state index contributed by atoms with van der Waals surface area (Å²) in [5, 5.41) is 15.9. The lowest BCUT2D eigenvalue weighted by atomic mass is 10.1. The maximum Gasteiger partial charge on any atom is 0.283 e. The maximum absolute atomic E-state index is 12.6. The van der Waals surface area contributed by atoms with Crippen LogP contribution in [-0.2, 0) is 4.79 Å². The molecule has 10 heteroatoms. The molecule has 0 radical (unpaired) electrons. The number of halogens is 1. The highest BCUT2D eigenvalue weighted by molar-refractivity contribution is 8.27. The molecule has 3 heterocycles. The van der Waals surface area contributed by atoms with Crippen molar-refractivity contribution in [1.29, 1.82) is 5.41 Å². The van der Waals surface area contributed by atoms with Crippen LogP contribution in [0.5, 0.6) is 11.5 Å². The minimum absolute atomic E-state index is 0.0246. The Kier molecular flexibility index (Phi) is 6.60.